The van der Waals surface area contributed by atoms with Crippen LogP contribution in [-0.2, 0) is 0 Å². The lowest BCUT2D eigenvalue weighted by molar-refractivity contribution is 0.597. The van der Waals surface area contributed by atoms with E-state index in [9.17, 15) is 4.39 Å². The maximum atomic E-state index is 13.8. The first-order valence-corrected chi connectivity index (χ1v) is 7.83. The SMILES string of the molecule is Cc1ccc(C(C)n2c(-c3cccs3)n[nH]c2=S)cc1F. The zero-order valence-electron chi connectivity index (χ0n) is 11.6. The third kappa shape index (κ3) is 2.56. The van der Waals surface area contributed by atoms with Crippen LogP contribution >= 0.6 is 23.6 Å². The smallest absolute Gasteiger partial charge is 0.196 e. The number of H-pyrrole nitrogens is 1. The predicted octanol–water partition coefficient (Wildman–Crippen LogP) is 4.73. The number of aromatic amines is 1. The largest absolute Gasteiger partial charge is 0.292 e. The monoisotopic (exact) mass is 319 g/mol. The number of aromatic nitrogens is 3. The number of nitrogens with zero attached hydrogens (tertiary/aromatic N) is 2. The Balaban J connectivity index is 2.10. The van der Waals surface area contributed by atoms with Gasteiger partial charge in [-0.05, 0) is 54.7 Å². The number of aryl methyl sites for hydroxylation is 1. The molecule has 0 saturated heterocycles. The highest BCUT2D eigenvalue weighted by atomic mass is 32.1. The second kappa shape index (κ2) is 5.54. The van der Waals surface area contributed by atoms with Gasteiger partial charge in [-0.15, -0.1) is 11.3 Å². The summed E-state index contributed by atoms with van der Waals surface area (Å²) in [4.78, 5) is 1.03. The maximum absolute atomic E-state index is 13.8. The molecule has 0 spiro atoms. The fourth-order valence-corrected chi connectivity index (χ4v) is 3.26. The summed E-state index contributed by atoms with van der Waals surface area (Å²) in [6.45, 7) is 3.75. The molecule has 0 bridgehead atoms. The van der Waals surface area contributed by atoms with Crippen LogP contribution in [0.25, 0.3) is 10.7 Å². The Morgan fingerprint density at radius 3 is 2.86 bits per heavy atom. The molecular formula is C15H14FN3S2. The van der Waals surface area contributed by atoms with Crippen molar-refractivity contribution in [3.8, 4) is 10.7 Å². The molecule has 1 N–H and O–H groups in total. The van der Waals surface area contributed by atoms with Gasteiger partial charge in [0.1, 0.15) is 5.82 Å². The van der Waals surface area contributed by atoms with Crippen molar-refractivity contribution in [2.24, 2.45) is 0 Å². The van der Waals surface area contributed by atoms with Gasteiger partial charge in [0.25, 0.3) is 0 Å². The maximum Gasteiger partial charge on any atom is 0.196 e. The number of rotatable bonds is 3. The Kier molecular flexibility index (Phi) is 3.73. The second-order valence-electron chi connectivity index (χ2n) is 4.88. The standard InChI is InChI=1S/C15H14FN3S2/c1-9-5-6-11(8-12(9)16)10(2)19-14(17-18-15(19)20)13-4-3-7-21-13/h3-8,10H,1-2H3,(H,18,20). The number of halogens is 1. The molecule has 108 valence electrons. The lowest BCUT2D eigenvalue weighted by Gasteiger charge is -2.16. The minimum Gasteiger partial charge on any atom is -0.292 e. The minimum absolute atomic E-state index is 0.0940. The molecule has 0 fully saturated rings. The van der Waals surface area contributed by atoms with E-state index in [-0.39, 0.29) is 11.9 Å². The van der Waals surface area contributed by atoms with E-state index in [2.05, 4.69) is 10.2 Å². The summed E-state index contributed by atoms with van der Waals surface area (Å²) in [5.41, 5.74) is 1.51. The van der Waals surface area contributed by atoms with Crippen molar-refractivity contribution in [2.45, 2.75) is 19.9 Å². The molecule has 0 radical (unpaired) electrons. The predicted molar refractivity (Wildman–Crippen MR) is 85.7 cm³/mol. The highest BCUT2D eigenvalue weighted by Gasteiger charge is 2.17. The van der Waals surface area contributed by atoms with E-state index in [1.54, 1.807) is 30.4 Å². The summed E-state index contributed by atoms with van der Waals surface area (Å²) in [7, 11) is 0. The van der Waals surface area contributed by atoms with Gasteiger partial charge in [-0.25, -0.2) is 4.39 Å². The topological polar surface area (TPSA) is 33.6 Å². The first kappa shape index (κ1) is 14.2. The summed E-state index contributed by atoms with van der Waals surface area (Å²) in [6.07, 6.45) is 0. The third-order valence-corrected chi connectivity index (χ3v) is 4.67. The molecule has 3 nitrogen and oxygen atoms in total. The van der Waals surface area contributed by atoms with Crippen LogP contribution in [0.5, 0.6) is 0 Å². The van der Waals surface area contributed by atoms with Crippen molar-refractivity contribution < 1.29 is 4.39 Å². The highest BCUT2D eigenvalue weighted by Crippen LogP contribution is 2.28. The Hall–Kier alpha value is -1.79. The highest BCUT2D eigenvalue weighted by molar-refractivity contribution is 7.71. The van der Waals surface area contributed by atoms with Gasteiger partial charge in [0.2, 0.25) is 0 Å². The van der Waals surface area contributed by atoms with E-state index in [0.29, 0.717) is 10.3 Å². The molecule has 21 heavy (non-hydrogen) atoms. The molecule has 1 unspecified atom stereocenters. The molecule has 0 aliphatic heterocycles. The van der Waals surface area contributed by atoms with Gasteiger partial charge < -0.3 is 0 Å². The van der Waals surface area contributed by atoms with Gasteiger partial charge in [0.15, 0.2) is 10.6 Å². The second-order valence-corrected chi connectivity index (χ2v) is 6.22. The average molecular weight is 319 g/mol. The van der Waals surface area contributed by atoms with Gasteiger partial charge in [-0.3, -0.25) is 9.67 Å². The average Bonchev–Trinajstić information content (AvgIpc) is 3.10. The fraction of sp³-hybridized carbons (Fsp3) is 0.200. The Labute approximate surface area is 131 Å². The number of nitrogens with one attached hydrogen (secondary N) is 1. The van der Waals surface area contributed by atoms with Crippen LogP contribution in [0.15, 0.2) is 35.7 Å². The summed E-state index contributed by atoms with van der Waals surface area (Å²) >= 11 is 6.94. The van der Waals surface area contributed by atoms with Crippen molar-refractivity contribution >= 4 is 23.6 Å². The summed E-state index contributed by atoms with van der Waals surface area (Å²) < 4.78 is 16.3. The quantitative estimate of drug-likeness (QED) is 0.708. The van der Waals surface area contributed by atoms with Crippen LogP contribution in [0.1, 0.15) is 24.1 Å². The Morgan fingerprint density at radius 2 is 2.19 bits per heavy atom. The lowest BCUT2D eigenvalue weighted by Crippen LogP contribution is -2.09. The van der Waals surface area contributed by atoms with Crippen LogP contribution in [-0.4, -0.2) is 14.8 Å². The van der Waals surface area contributed by atoms with Crippen molar-refractivity contribution in [1.82, 2.24) is 14.8 Å². The van der Waals surface area contributed by atoms with E-state index in [1.165, 1.54) is 0 Å². The van der Waals surface area contributed by atoms with Crippen LogP contribution < -0.4 is 0 Å². The zero-order valence-corrected chi connectivity index (χ0v) is 13.3. The molecule has 0 saturated carbocycles. The van der Waals surface area contributed by atoms with E-state index < -0.39 is 0 Å². The van der Waals surface area contributed by atoms with E-state index in [0.717, 1.165) is 16.3 Å². The van der Waals surface area contributed by atoms with Gasteiger partial charge >= 0.3 is 0 Å². The molecule has 2 heterocycles. The van der Waals surface area contributed by atoms with Crippen molar-refractivity contribution in [2.75, 3.05) is 0 Å². The fourth-order valence-electron chi connectivity index (χ4n) is 2.26. The van der Waals surface area contributed by atoms with Crippen molar-refractivity contribution in [3.63, 3.8) is 0 Å². The van der Waals surface area contributed by atoms with E-state index in [4.69, 9.17) is 12.2 Å². The number of thiophene rings is 1. The zero-order chi connectivity index (χ0) is 15.0. The van der Waals surface area contributed by atoms with E-state index >= 15 is 0 Å². The van der Waals surface area contributed by atoms with Crippen LogP contribution in [0.3, 0.4) is 0 Å². The molecule has 6 heteroatoms. The first-order valence-electron chi connectivity index (χ1n) is 6.54. The molecule has 1 atom stereocenters. The Morgan fingerprint density at radius 1 is 1.38 bits per heavy atom. The van der Waals surface area contributed by atoms with Gasteiger partial charge in [0.05, 0.1) is 10.9 Å². The van der Waals surface area contributed by atoms with Gasteiger partial charge in [0, 0.05) is 0 Å². The third-order valence-electron chi connectivity index (χ3n) is 3.51. The van der Waals surface area contributed by atoms with Gasteiger partial charge in [-0.2, -0.15) is 5.10 Å². The molecular weight excluding hydrogens is 305 g/mol. The molecule has 2 aromatic heterocycles. The normalized spacial score (nSPS) is 12.5. The summed E-state index contributed by atoms with van der Waals surface area (Å²) in [5.74, 6) is 0.579. The molecule has 0 aliphatic rings. The Bertz CT molecular complexity index is 818. The molecule has 1 aromatic carbocycles. The summed E-state index contributed by atoms with van der Waals surface area (Å²) in [6, 6.07) is 9.15. The lowest BCUT2D eigenvalue weighted by atomic mass is 10.1. The molecule has 3 rings (SSSR count). The van der Waals surface area contributed by atoms with Crippen molar-refractivity contribution in [3.05, 3.63) is 57.4 Å². The van der Waals surface area contributed by atoms with Crippen molar-refractivity contribution in [1.29, 1.82) is 0 Å². The van der Waals surface area contributed by atoms with E-state index in [1.807, 2.05) is 35.1 Å². The van der Waals surface area contributed by atoms with Crippen LogP contribution in [0.4, 0.5) is 4.39 Å². The summed E-state index contributed by atoms with van der Waals surface area (Å²) in [5, 5.41) is 9.13. The van der Waals surface area contributed by atoms with Crippen LogP contribution in [0.2, 0.25) is 0 Å². The number of hydrogen-bond donors (Lipinski definition) is 1. The molecule has 0 amide bonds. The molecule has 3 aromatic rings. The molecule has 0 aliphatic carbocycles. The first-order chi connectivity index (χ1) is 10.1. The van der Waals surface area contributed by atoms with Crippen LogP contribution in [0, 0.1) is 17.5 Å². The number of hydrogen-bond acceptors (Lipinski definition) is 3. The minimum atomic E-state index is -0.202. The number of benzene rings is 1. The van der Waals surface area contributed by atoms with Gasteiger partial charge in [-0.1, -0.05) is 18.2 Å².